The highest BCUT2D eigenvalue weighted by atomic mass is 79.9. The molecule has 0 radical (unpaired) electrons. The standard InChI is InChI=1S/C14H14BrFO2/c1-2-18-14(17)10-6-9(7-11(16)8-10)12-4-3-5-13(12)15/h6-8H,2-5H2,1H3. The second kappa shape index (κ2) is 5.65. The quantitative estimate of drug-likeness (QED) is 0.778. The SMILES string of the molecule is CCOC(=O)c1cc(F)cc(C2=C(Br)CCC2)c1. The number of carbonyl (C=O) groups is 1. The highest BCUT2D eigenvalue weighted by Gasteiger charge is 2.17. The van der Waals surface area contributed by atoms with Gasteiger partial charge in [-0.2, -0.15) is 0 Å². The Morgan fingerprint density at radius 1 is 1.39 bits per heavy atom. The molecule has 0 saturated heterocycles. The van der Waals surface area contributed by atoms with Crippen LogP contribution in [0, 0.1) is 5.82 Å². The molecule has 0 unspecified atom stereocenters. The van der Waals surface area contributed by atoms with Gasteiger partial charge in [0.05, 0.1) is 12.2 Å². The van der Waals surface area contributed by atoms with Crippen molar-refractivity contribution in [3.8, 4) is 0 Å². The number of rotatable bonds is 3. The van der Waals surface area contributed by atoms with E-state index in [1.54, 1.807) is 13.0 Å². The van der Waals surface area contributed by atoms with E-state index in [2.05, 4.69) is 15.9 Å². The summed E-state index contributed by atoms with van der Waals surface area (Å²) in [5.74, 6) is -0.886. The van der Waals surface area contributed by atoms with Crippen LogP contribution in [0.1, 0.15) is 42.1 Å². The van der Waals surface area contributed by atoms with Gasteiger partial charge >= 0.3 is 5.97 Å². The summed E-state index contributed by atoms with van der Waals surface area (Å²) in [5, 5.41) is 0. The summed E-state index contributed by atoms with van der Waals surface area (Å²) in [6.45, 7) is 2.02. The average molecular weight is 313 g/mol. The molecule has 0 N–H and O–H groups in total. The molecule has 0 aromatic heterocycles. The Hall–Kier alpha value is -1.16. The number of carbonyl (C=O) groups excluding carboxylic acids is 1. The van der Waals surface area contributed by atoms with Crippen molar-refractivity contribution < 1.29 is 13.9 Å². The molecule has 0 aliphatic heterocycles. The van der Waals surface area contributed by atoms with E-state index in [4.69, 9.17) is 4.74 Å². The molecule has 18 heavy (non-hydrogen) atoms. The van der Waals surface area contributed by atoms with Crippen molar-refractivity contribution in [2.24, 2.45) is 0 Å². The molecule has 0 spiro atoms. The van der Waals surface area contributed by atoms with E-state index in [0.717, 1.165) is 34.9 Å². The zero-order valence-electron chi connectivity index (χ0n) is 10.1. The molecule has 2 rings (SSSR count). The molecule has 0 bridgehead atoms. The highest BCUT2D eigenvalue weighted by Crippen LogP contribution is 2.37. The Kier molecular flexibility index (Phi) is 4.17. The van der Waals surface area contributed by atoms with Crippen LogP contribution in [0.4, 0.5) is 4.39 Å². The summed E-state index contributed by atoms with van der Waals surface area (Å²) in [5.41, 5.74) is 2.12. The number of ether oxygens (including phenoxy) is 1. The Morgan fingerprint density at radius 2 is 2.17 bits per heavy atom. The molecule has 1 aliphatic rings. The molecule has 96 valence electrons. The van der Waals surface area contributed by atoms with Crippen LogP contribution in [-0.4, -0.2) is 12.6 Å². The van der Waals surface area contributed by atoms with E-state index in [0.29, 0.717) is 0 Å². The van der Waals surface area contributed by atoms with Gasteiger partial charge < -0.3 is 4.74 Å². The first-order valence-electron chi connectivity index (χ1n) is 5.97. The molecule has 1 aliphatic carbocycles. The van der Waals surface area contributed by atoms with Gasteiger partial charge in [-0.25, -0.2) is 9.18 Å². The molecule has 0 saturated carbocycles. The van der Waals surface area contributed by atoms with Crippen LogP contribution in [0.5, 0.6) is 0 Å². The fraction of sp³-hybridized carbons (Fsp3) is 0.357. The third kappa shape index (κ3) is 2.80. The van der Waals surface area contributed by atoms with Crippen molar-refractivity contribution in [2.75, 3.05) is 6.61 Å². The number of halogens is 2. The molecule has 0 heterocycles. The van der Waals surface area contributed by atoms with Crippen LogP contribution in [0.2, 0.25) is 0 Å². The maximum atomic E-state index is 13.6. The summed E-state index contributed by atoms with van der Waals surface area (Å²) in [7, 11) is 0. The first-order valence-corrected chi connectivity index (χ1v) is 6.76. The van der Waals surface area contributed by atoms with Crippen molar-refractivity contribution >= 4 is 27.5 Å². The molecule has 0 atom stereocenters. The van der Waals surface area contributed by atoms with E-state index in [1.165, 1.54) is 12.1 Å². The monoisotopic (exact) mass is 312 g/mol. The van der Waals surface area contributed by atoms with E-state index >= 15 is 0 Å². The van der Waals surface area contributed by atoms with Crippen LogP contribution in [0.25, 0.3) is 5.57 Å². The van der Waals surface area contributed by atoms with Gasteiger partial charge in [0.1, 0.15) is 5.82 Å². The summed E-state index contributed by atoms with van der Waals surface area (Å²) < 4.78 is 19.6. The number of allylic oxidation sites excluding steroid dienone is 2. The van der Waals surface area contributed by atoms with E-state index in [1.807, 2.05) is 0 Å². The predicted octanol–water partition coefficient (Wildman–Crippen LogP) is 4.29. The average Bonchev–Trinajstić information content (AvgIpc) is 2.75. The van der Waals surface area contributed by atoms with Gasteiger partial charge in [0.25, 0.3) is 0 Å². The summed E-state index contributed by atoms with van der Waals surface area (Å²) in [6, 6.07) is 4.37. The van der Waals surface area contributed by atoms with Crippen LogP contribution in [-0.2, 0) is 4.74 Å². The fourth-order valence-corrected chi connectivity index (χ4v) is 2.81. The van der Waals surface area contributed by atoms with Crippen LogP contribution >= 0.6 is 15.9 Å². The van der Waals surface area contributed by atoms with E-state index < -0.39 is 11.8 Å². The van der Waals surface area contributed by atoms with Crippen molar-refractivity contribution in [3.05, 3.63) is 39.6 Å². The first-order chi connectivity index (χ1) is 8.61. The van der Waals surface area contributed by atoms with Crippen LogP contribution in [0.15, 0.2) is 22.7 Å². The lowest BCUT2D eigenvalue weighted by Crippen LogP contribution is -2.05. The van der Waals surface area contributed by atoms with Gasteiger partial charge in [-0.05, 0) is 60.0 Å². The summed E-state index contributed by atoms with van der Waals surface area (Å²) in [6.07, 6.45) is 2.94. The Labute approximate surface area is 114 Å². The maximum absolute atomic E-state index is 13.6. The minimum atomic E-state index is -0.479. The molecule has 1 aromatic rings. The molecule has 4 heteroatoms. The largest absolute Gasteiger partial charge is 0.462 e. The van der Waals surface area contributed by atoms with Gasteiger partial charge in [-0.1, -0.05) is 15.9 Å². The lowest BCUT2D eigenvalue weighted by atomic mass is 10.0. The Balaban J connectivity index is 2.38. The molecule has 1 aromatic carbocycles. The third-order valence-electron chi connectivity index (χ3n) is 2.91. The third-order valence-corrected chi connectivity index (χ3v) is 3.78. The van der Waals surface area contributed by atoms with Gasteiger partial charge in [-0.3, -0.25) is 0 Å². The van der Waals surface area contributed by atoms with Gasteiger partial charge in [0.2, 0.25) is 0 Å². The highest BCUT2D eigenvalue weighted by molar-refractivity contribution is 9.11. The number of hydrogen-bond donors (Lipinski definition) is 0. The number of benzene rings is 1. The molecular formula is C14H14BrFO2. The molecule has 0 fully saturated rings. The van der Waals surface area contributed by atoms with Gasteiger partial charge in [0, 0.05) is 0 Å². The normalized spacial score (nSPS) is 15.1. The zero-order valence-corrected chi connectivity index (χ0v) is 11.7. The van der Waals surface area contributed by atoms with Crippen LogP contribution < -0.4 is 0 Å². The summed E-state index contributed by atoms with van der Waals surface area (Å²) >= 11 is 3.50. The Morgan fingerprint density at radius 3 is 2.78 bits per heavy atom. The minimum absolute atomic E-state index is 0.270. The lowest BCUT2D eigenvalue weighted by Gasteiger charge is -2.07. The minimum Gasteiger partial charge on any atom is -0.462 e. The number of hydrogen-bond acceptors (Lipinski definition) is 2. The fourth-order valence-electron chi connectivity index (χ4n) is 2.10. The summed E-state index contributed by atoms with van der Waals surface area (Å²) in [4.78, 5) is 11.6. The van der Waals surface area contributed by atoms with E-state index in [-0.39, 0.29) is 12.2 Å². The first kappa shape index (κ1) is 13.3. The van der Waals surface area contributed by atoms with Crippen molar-refractivity contribution in [1.82, 2.24) is 0 Å². The van der Waals surface area contributed by atoms with Crippen molar-refractivity contribution in [3.63, 3.8) is 0 Å². The Bertz CT molecular complexity index is 509. The smallest absolute Gasteiger partial charge is 0.338 e. The van der Waals surface area contributed by atoms with Crippen LogP contribution in [0.3, 0.4) is 0 Å². The maximum Gasteiger partial charge on any atom is 0.338 e. The van der Waals surface area contributed by atoms with Crippen molar-refractivity contribution in [1.29, 1.82) is 0 Å². The molecule has 2 nitrogen and oxygen atoms in total. The molecular weight excluding hydrogens is 299 g/mol. The second-order valence-electron chi connectivity index (χ2n) is 4.19. The van der Waals surface area contributed by atoms with Crippen molar-refractivity contribution in [2.45, 2.75) is 26.2 Å². The topological polar surface area (TPSA) is 26.3 Å². The predicted molar refractivity (Wildman–Crippen MR) is 72.1 cm³/mol. The lowest BCUT2D eigenvalue weighted by molar-refractivity contribution is 0.0526. The molecule has 0 amide bonds. The zero-order chi connectivity index (χ0) is 13.1. The van der Waals surface area contributed by atoms with Gasteiger partial charge in [-0.15, -0.1) is 0 Å². The second-order valence-corrected chi connectivity index (χ2v) is 5.14. The van der Waals surface area contributed by atoms with Gasteiger partial charge in [0.15, 0.2) is 0 Å². The van der Waals surface area contributed by atoms with E-state index in [9.17, 15) is 9.18 Å². The number of esters is 1.